The van der Waals surface area contributed by atoms with Crippen LogP contribution < -0.4 is 0 Å². The van der Waals surface area contributed by atoms with Gasteiger partial charge in [0.1, 0.15) is 0 Å². The van der Waals surface area contributed by atoms with E-state index in [0.717, 1.165) is 13.0 Å². The highest BCUT2D eigenvalue weighted by Gasteiger charge is 2.36. The quantitative estimate of drug-likeness (QED) is 0.550. The van der Waals surface area contributed by atoms with Gasteiger partial charge in [0.25, 0.3) is 5.69 Å². The highest BCUT2D eigenvalue weighted by atomic mass is 19.4. The number of nitrogens with zero attached hydrogens (tertiary/aromatic N) is 1. The van der Waals surface area contributed by atoms with Crippen LogP contribution in [0.5, 0.6) is 0 Å². The van der Waals surface area contributed by atoms with Crippen molar-refractivity contribution in [2.45, 2.75) is 26.9 Å². The number of hydrogen-bond donors (Lipinski definition) is 0. The van der Waals surface area contributed by atoms with Crippen LogP contribution >= 0.6 is 0 Å². The van der Waals surface area contributed by atoms with E-state index in [4.69, 9.17) is 0 Å². The summed E-state index contributed by atoms with van der Waals surface area (Å²) in [7, 11) is 0. The van der Waals surface area contributed by atoms with Gasteiger partial charge in [0.15, 0.2) is 0 Å². The largest absolute Gasteiger partial charge is 0.416 e. The van der Waals surface area contributed by atoms with Crippen LogP contribution in [-0.2, 0) is 6.18 Å². The van der Waals surface area contributed by atoms with Gasteiger partial charge in [-0.15, -0.1) is 0 Å². The Bertz CT molecular complexity index is 452. The van der Waals surface area contributed by atoms with Gasteiger partial charge in [0.2, 0.25) is 0 Å². The summed E-state index contributed by atoms with van der Waals surface area (Å²) in [5.74, 6) is 0. The van der Waals surface area contributed by atoms with Gasteiger partial charge in [0, 0.05) is 11.1 Å². The van der Waals surface area contributed by atoms with Crippen LogP contribution in [0.15, 0.2) is 6.07 Å². The molecule has 1 aromatic rings. The van der Waals surface area contributed by atoms with Gasteiger partial charge < -0.3 is 0 Å². The van der Waals surface area contributed by atoms with Crippen molar-refractivity contribution in [3.8, 4) is 0 Å². The van der Waals surface area contributed by atoms with E-state index in [0.29, 0.717) is 0 Å². The molecule has 0 aliphatic carbocycles. The van der Waals surface area contributed by atoms with E-state index in [1.807, 2.05) is 0 Å². The molecule has 16 heavy (non-hydrogen) atoms. The molecule has 0 aliphatic rings. The summed E-state index contributed by atoms with van der Waals surface area (Å²) < 4.78 is 37.7. The average molecular weight is 233 g/mol. The standard InChI is InChI=1S/C10H10F3NO2/c1-5-4-8(10(11,12)13)7(3)9(6(5)2)14(15)16/h4H,1-3H3. The predicted molar refractivity (Wildman–Crippen MR) is 52.3 cm³/mol. The number of alkyl halides is 3. The molecule has 0 spiro atoms. The van der Waals surface area contributed by atoms with Crippen molar-refractivity contribution < 1.29 is 18.1 Å². The fourth-order valence-electron chi connectivity index (χ4n) is 1.60. The first kappa shape index (κ1) is 12.5. The van der Waals surface area contributed by atoms with Crippen LogP contribution in [0.3, 0.4) is 0 Å². The molecule has 88 valence electrons. The zero-order valence-corrected chi connectivity index (χ0v) is 8.97. The molecule has 3 nitrogen and oxygen atoms in total. The molecule has 0 bridgehead atoms. The third-order valence-corrected chi connectivity index (χ3v) is 2.55. The Hall–Kier alpha value is -1.59. The second-order valence-electron chi connectivity index (χ2n) is 3.59. The molecule has 0 heterocycles. The topological polar surface area (TPSA) is 43.1 Å². The molecule has 1 rings (SSSR count). The van der Waals surface area contributed by atoms with Crippen LogP contribution in [0, 0.1) is 30.9 Å². The van der Waals surface area contributed by atoms with Crippen molar-refractivity contribution in [1.29, 1.82) is 0 Å². The molecular formula is C10H10F3NO2. The van der Waals surface area contributed by atoms with Crippen molar-refractivity contribution in [2.75, 3.05) is 0 Å². The number of hydrogen-bond acceptors (Lipinski definition) is 2. The van der Waals surface area contributed by atoms with Crippen molar-refractivity contribution in [2.24, 2.45) is 0 Å². The van der Waals surface area contributed by atoms with E-state index in [2.05, 4.69) is 0 Å². The van der Waals surface area contributed by atoms with Crippen molar-refractivity contribution in [1.82, 2.24) is 0 Å². The van der Waals surface area contributed by atoms with Crippen molar-refractivity contribution >= 4 is 5.69 Å². The van der Waals surface area contributed by atoms with E-state index < -0.39 is 22.4 Å². The normalized spacial score (nSPS) is 11.6. The lowest BCUT2D eigenvalue weighted by Gasteiger charge is -2.13. The van der Waals surface area contributed by atoms with Gasteiger partial charge in [-0.05, 0) is 32.4 Å². The summed E-state index contributed by atoms with van der Waals surface area (Å²) in [6, 6.07) is 0.942. The van der Waals surface area contributed by atoms with Gasteiger partial charge >= 0.3 is 6.18 Å². The highest BCUT2D eigenvalue weighted by molar-refractivity contribution is 5.55. The maximum absolute atomic E-state index is 12.6. The first-order valence-electron chi connectivity index (χ1n) is 4.48. The summed E-state index contributed by atoms with van der Waals surface area (Å²) in [6.45, 7) is 3.99. The smallest absolute Gasteiger partial charge is 0.258 e. The van der Waals surface area contributed by atoms with E-state index in [9.17, 15) is 23.3 Å². The second-order valence-corrected chi connectivity index (χ2v) is 3.59. The molecule has 0 saturated heterocycles. The number of halogens is 3. The second kappa shape index (κ2) is 3.77. The summed E-state index contributed by atoms with van der Waals surface area (Å²) in [5.41, 5.74) is -1.18. The average Bonchev–Trinajstić information content (AvgIpc) is 2.09. The van der Waals surface area contributed by atoms with Gasteiger partial charge in [-0.1, -0.05) is 0 Å². The molecule has 0 saturated carbocycles. The Morgan fingerprint density at radius 1 is 1.19 bits per heavy atom. The minimum Gasteiger partial charge on any atom is -0.258 e. The predicted octanol–water partition coefficient (Wildman–Crippen LogP) is 3.54. The van der Waals surface area contributed by atoms with Gasteiger partial charge in [0.05, 0.1) is 10.5 Å². The lowest BCUT2D eigenvalue weighted by molar-refractivity contribution is -0.386. The lowest BCUT2D eigenvalue weighted by Crippen LogP contribution is -2.11. The molecule has 0 N–H and O–H groups in total. The molecule has 0 aliphatic heterocycles. The molecule has 6 heteroatoms. The summed E-state index contributed by atoms with van der Waals surface area (Å²) >= 11 is 0. The summed E-state index contributed by atoms with van der Waals surface area (Å²) in [5, 5.41) is 10.7. The summed E-state index contributed by atoms with van der Waals surface area (Å²) in [6.07, 6.45) is -4.56. The van der Waals surface area contributed by atoms with Crippen LogP contribution in [0.1, 0.15) is 22.3 Å². The van der Waals surface area contributed by atoms with Gasteiger partial charge in [-0.25, -0.2) is 0 Å². The lowest BCUT2D eigenvalue weighted by atomic mass is 9.98. The van der Waals surface area contributed by atoms with E-state index >= 15 is 0 Å². The number of nitro groups is 1. The van der Waals surface area contributed by atoms with Crippen LogP contribution in [0.2, 0.25) is 0 Å². The van der Waals surface area contributed by atoms with Gasteiger partial charge in [-0.3, -0.25) is 10.1 Å². The maximum atomic E-state index is 12.6. The Balaban J connectivity index is 3.64. The Kier molecular flexibility index (Phi) is 2.94. The first-order valence-corrected chi connectivity index (χ1v) is 4.48. The Morgan fingerprint density at radius 2 is 1.69 bits per heavy atom. The van der Waals surface area contributed by atoms with E-state index in [-0.39, 0.29) is 16.7 Å². The first-order chi connectivity index (χ1) is 7.16. The fourth-order valence-corrected chi connectivity index (χ4v) is 1.60. The number of rotatable bonds is 1. The van der Waals surface area contributed by atoms with Gasteiger partial charge in [-0.2, -0.15) is 13.2 Å². The zero-order valence-electron chi connectivity index (χ0n) is 8.97. The molecule has 0 unspecified atom stereocenters. The molecule has 0 aromatic heterocycles. The minimum atomic E-state index is -4.56. The van der Waals surface area contributed by atoms with Crippen LogP contribution in [-0.4, -0.2) is 4.92 Å². The Labute approximate surface area is 90.0 Å². The molecule has 0 radical (unpaired) electrons. The van der Waals surface area contributed by atoms with Crippen molar-refractivity contribution in [3.05, 3.63) is 38.4 Å². The Morgan fingerprint density at radius 3 is 2.06 bits per heavy atom. The van der Waals surface area contributed by atoms with E-state index in [1.54, 1.807) is 0 Å². The highest BCUT2D eigenvalue weighted by Crippen LogP contribution is 2.38. The third kappa shape index (κ3) is 2.00. The zero-order chi connectivity index (χ0) is 12.7. The maximum Gasteiger partial charge on any atom is 0.416 e. The van der Waals surface area contributed by atoms with Crippen LogP contribution in [0.25, 0.3) is 0 Å². The molecule has 1 aromatic carbocycles. The SMILES string of the molecule is Cc1cc(C(F)(F)F)c(C)c([N+](=O)[O-])c1C. The van der Waals surface area contributed by atoms with Crippen LogP contribution in [0.4, 0.5) is 18.9 Å². The van der Waals surface area contributed by atoms with Crippen molar-refractivity contribution in [3.63, 3.8) is 0 Å². The van der Waals surface area contributed by atoms with E-state index in [1.165, 1.54) is 13.8 Å². The number of nitro benzene ring substituents is 1. The molecular weight excluding hydrogens is 223 g/mol. The molecule has 0 amide bonds. The minimum absolute atomic E-state index is 0.268. The number of benzene rings is 1. The summed E-state index contributed by atoms with van der Waals surface area (Å²) in [4.78, 5) is 9.94. The third-order valence-electron chi connectivity index (χ3n) is 2.55. The monoisotopic (exact) mass is 233 g/mol. The molecule has 0 atom stereocenters. The molecule has 0 fully saturated rings. The fraction of sp³-hybridized carbons (Fsp3) is 0.400. The number of aryl methyl sites for hydroxylation is 1.